The van der Waals surface area contributed by atoms with Crippen LogP contribution in [0.1, 0.15) is 42.0 Å². The van der Waals surface area contributed by atoms with Gasteiger partial charge in [-0.15, -0.1) is 0 Å². The maximum absolute atomic E-state index is 13.4. The predicted molar refractivity (Wildman–Crippen MR) is 101 cm³/mol. The van der Waals surface area contributed by atoms with Gasteiger partial charge in [-0.05, 0) is 54.8 Å². The van der Waals surface area contributed by atoms with Crippen LogP contribution >= 0.6 is 0 Å². The maximum atomic E-state index is 13.4. The standard InChI is InChI=1S/C21H17F3N2O3S/c22-21(23,24)15-5-3-14(4-6-15)20-18-10-7-16(11-19(18)27)26(20)30(28,29)17-8-1-13(12-25)2-9-17/h1-6,8-9,16,18,20H,7,10-11H2/t16-,18+,20+/m0/s1. The molecule has 1 saturated carbocycles. The molecule has 3 fully saturated rings. The van der Waals surface area contributed by atoms with Crippen molar-refractivity contribution in [3.8, 4) is 6.07 Å². The van der Waals surface area contributed by atoms with Gasteiger partial charge in [-0.25, -0.2) is 8.42 Å². The molecule has 2 saturated heterocycles. The normalized spacial score (nSPS) is 24.6. The molecule has 2 bridgehead atoms. The number of carbonyl (C=O) groups is 1. The van der Waals surface area contributed by atoms with E-state index in [1.165, 1.54) is 40.7 Å². The second-order valence-electron chi connectivity index (χ2n) is 7.54. The van der Waals surface area contributed by atoms with Crippen molar-refractivity contribution >= 4 is 15.8 Å². The summed E-state index contributed by atoms with van der Waals surface area (Å²) in [5, 5.41) is 8.94. The van der Waals surface area contributed by atoms with Crippen LogP contribution in [0.3, 0.4) is 0 Å². The van der Waals surface area contributed by atoms with Crippen LogP contribution < -0.4 is 0 Å². The van der Waals surface area contributed by atoms with Gasteiger partial charge in [0.05, 0.1) is 28.1 Å². The van der Waals surface area contributed by atoms with Crippen molar-refractivity contribution in [1.82, 2.24) is 4.31 Å². The lowest BCUT2D eigenvalue weighted by molar-refractivity contribution is -0.138. The Morgan fingerprint density at radius 3 is 2.17 bits per heavy atom. The molecule has 2 heterocycles. The summed E-state index contributed by atoms with van der Waals surface area (Å²) in [6.07, 6.45) is -3.40. The molecule has 2 aromatic carbocycles. The smallest absolute Gasteiger partial charge is 0.299 e. The quantitative estimate of drug-likeness (QED) is 0.730. The molecular weight excluding hydrogens is 417 g/mol. The number of sulfonamides is 1. The van der Waals surface area contributed by atoms with Gasteiger partial charge in [-0.3, -0.25) is 4.79 Å². The third-order valence-electron chi connectivity index (χ3n) is 5.81. The van der Waals surface area contributed by atoms with Crippen LogP contribution in [0, 0.1) is 17.2 Å². The zero-order valence-electron chi connectivity index (χ0n) is 15.6. The number of halogens is 3. The second kappa shape index (κ2) is 7.22. The van der Waals surface area contributed by atoms with Gasteiger partial charge >= 0.3 is 6.18 Å². The Bertz CT molecular complexity index is 1120. The molecule has 3 atom stereocenters. The van der Waals surface area contributed by atoms with Crippen LogP contribution in [-0.4, -0.2) is 24.5 Å². The molecule has 0 amide bonds. The number of nitriles is 1. The molecule has 5 rings (SSSR count). The van der Waals surface area contributed by atoms with Crippen LogP contribution in [0.15, 0.2) is 53.4 Å². The highest BCUT2D eigenvalue weighted by Gasteiger charge is 2.52. The topological polar surface area (TPSA) is 78.2 Å². The first-order valence-corrected chi connectivity index (χ1v) is 10.8. The maximum Gasteiger partial charge on any atom is 0.416 e. The van der Waals surface area contributed by atoms with E-state index in [2.05, 4.69) is 0 Å². The fourth-order valence-corrected chi connectivity index (χ4v) is 6.26. The van der Waals surface area contributed by atoms with Crippen molar-refractivity contribution in [2.45, 2.75) is 42.4 Å². The van der Waals surface area contributed by atoms with Crippen molar-refractivity contribution in [2.24, 2.45) is 5.92 Å². The average Bonchev–Trinajstić information content (AvgIpc) is 2.73. The Hall–Kier alpha value is -2.70. The summed E-state index contributed by atoms with van der Waals surface area (Å²) in [6, 6.07) is 10.3. The summed E-state index contributed by atoms with van der Waals surface area (Å²) < 4.78 is 67.0. The summed E-state index contributed by atoms with van der Waals surface area (Å²) in [5.41, 5.74) is -0.161. The third-order valence-corrected chi connectivity index (χ3v) is 7.76. The molecule has 0 radical (unpaired) electrons. The number of fused-ring (bicyclic) bond motifs is 3. The first kappa shape index (κ1) is 20.6. The van der Waals surface area contributed by atoms with Crippen molar-refractivity contribution in [1.29, 1.82) is 5.26 Å². The van der Waals surface area contributed by atoms with Crippen LogP contribution in [0.2, 0.25) is 0 Å². The molecule has 2 aliphatic heterocycles. The van der Waals surface area contributed by atoms with E-state index in [4.69, 9.17) is 5.26 Å². The minimum Gasteiger partial charge on any atom is -0.299 e. The summed E-state index contributed by atoms with van der Waals surface area (Å²) in [5.74, 6) is -0.665. The fourth-order valence-electron chi connectivity index (χ4n) is 4.39. The fraction of sp³-hybridized carbons (Fsp3) is 0.333. The highest BCUT2D eigenvalue weighted by molar-refractivity contribution is 7.89. The Balaban J connectivity index is 1.78. The molecular formula is C21H17F3N2O3S. The molecule has 2 aromatic rings. The molecule has 0 aromatic heterocycles. The molecule has 0 spiro atoms. The van der Waals surface area contributed by atoms with Gasteiger partial charge < -0.3 is 0 Å². The van der Waals surface area contributed by atoms with Crippen molar-refractivity contribution in [3.63, 3.8) is 0 Å². The number of hydrogen-bond acceptors (Lipinski definition) is 4. The van der Waals surface area contributed by atoms with E-state index in [1.807, 2.05) is 6.07 Å². The van der Waals surface area contributed by atoms with E-state index >= 15 is 0 Å². The summed E-state index contributed by atoms with van der Waals surface area (Å²) in [6.45, 7) is 0. The molecule has 30 heavy (non-hydrogen) atoms. The number of piperidine rings is 2. The lowest BCUT2D eigenvalue weighted by Crippen LogP contribution is -2.56. The molecule has 9 heteroatoms. The first-order chi connectivity index (χ1) is 14.1. The monoisotopic (exact) mass is 434 g/mol. The number of carbonyl (C=O) groups excluding carboxylic acids is 1. The van der Waals surface area contributed by atoms with Gasteiger partial charge in [0, 0.05) is 18.4 Å². The van der Waals surface area contributed by atoms with Crippen LogP contribution in [0.25, 0.3) is 0 Å². The van der Waals surface area contributed by atoms with Crippen LogP contribution in [-0.2, 0) is 21.0 Å². The van der Waals surface area contributed by atoms with Gasteiger partial charge in [0.1, 0.15) is 5.78 Å². The van der Waals surface area contributed by atoms with Crippen molar-refractivity contribution < 1.29 is 26.4 Å². The Morgan fingerprint density at radius 2 is 1.63 bits per heavy atom. The van der Waals surface area contributed by atoms with E-state index in [0.29, 0.717) is 24.0 Å². The van der Waals surface area contributed by atoms with E-state index in [-0.39, 0.29) is 17.1 Å². The Labute approximate surface area is 171 Å². The number of rotatable bonds is 3. The highest BCUT2D eigenvalue weighted by Crippen LogP contribution is 2.48. The molecule has 156 valence electrons. The minimum absolute atomic E-state index is 0.0154. The number of Topliss-reactive ketones (excluding diaryl/α,β-unsaturated/α-hetero) is 1. The molecule has 3 aliphatic rings. The van der Waals surface area contributed by atoms with Gasteiger partial charge in [-0.2, -0.15) is 22.7 Å². The van der Waals surface area contributed by atoms with E-state index in [1.54, 1.807) is 0 Å². The zero-order chi connectivity index (χ0) is 21.7. The SMILES string of the molecule is N#Cc1ccc(S(=O)(=O)N2[C@H]3CC[C@H](C(=O)C3)[C@H]2c2ccc(C(F)(F)F)cc2)cc1. The van der Waals surface area contributed by atoms with E-state index in [9.17, 15) is 26.4 Å². The van der Waals surface area contributed by atoms with Gasteiger partial charge in [0.2, 0.25) is 10.0 Å². The number of benzene rings is 2. The van der Waals surface area contributed by atoms with Crippen molar-refractivity contribution in [2.75, 3.05) is 0 Å². The number of nitrogens with zero attached hydrogens (tertiary/aromatic N) is 2. The number of ketones is 1. The van der Waals surface area contributed by atoms with E-state index < -0.39 is 39.8 Å². The minimum atomic E-state index is -4.51. The van der Waals surface area contributed by atoms with Crippen LogP contribution in [0.4, 0.5) is 13.2 Å². The highest BCUT2D eigenvalue weighted by atomic mass is 32.2. The van der Waals surface area contributed by atoms with Gasteiger partial charge in [0.25, 0.3) is 0 Å². The lowest BCUT2D eigenvalue weighted by atomic mass is 9.73. The Kier molecular flexibility index (Phi) is 4.95. The summed E-state index contributed by atoms with van der Waals surface area (Å²) in [4.78, 5) is 12.5. The lowest BCUT2D eigenvalue weighted by Gasteiger charge is -2.49. The zero-order valence-corrected chi connectivity index (χ0v) is 16.4. The van der Waals surface area contributed by atoms with E-state index in [0.717, 1.165) is 12.1 Å². The van der Waals surface area contributed by atoms with Gasteiger partial charge in [0.15, 0.2) is 0 Å². The predicted octanol–water partition coefficient (Wildman–Crippen LogP) is 4.06. The molecule has 0 N–H and O–H groups in total. The molecule has 5 nitrogen and oxygen atoms in total. The first-order valence-electron chi connectivity index (χ1n) is 9.36. The summed E-state index contributed by atoms with van der Waals surface area (Å²) >= 11 is 0. The molecule has 0 unspecified atom stereocenters. The Morgan fingerprint density at radius 1 is 1.00 bits per heavy atom. The average molecular weight is 434 g/mol. The number of alkyl halides is 3. The van der Waals surface area contributed by atoms with Crippen molar-refractivity contribution in [3.05, 3.63) is 65.2 Å². The molecule has 1 aliphatic carbocycles. The van der Waals surface area contributed by atoms with Crippen LogP contribution in [0.5, 0.6) is 0 Å². The van der Waals surface area contributed by atoms with Gasteiger partial charge in [-0.1, -0.05) is 12.1 Å². The second-order valence-corrected chi connectivity index (χ2v) is 9.39. The number of hydrogen-bond donors (Lipinski definition) is 0. The largest absolute Gasteiger partial charge is 0.416 e. The third kappa shape index (κ3) is 3.40. The summed E-state index contributed by atoms with van der Waals surface area (Å²) in [7, 11) is -4.03.